The van der Waals surface area contributed by atoms with Crippen LogP contribution in [0.2, 0.25) is 5.02 Å². The van der Waals surface area contributed by atoms with E-state index in [4.69, 9.17) is 16.7 Å². The van der Waals surface area contributed by atoms with Crippen molar-refractivity contribution in [1.29, 1.82) is 0 Å². The van der Waals surface area contributed by atoms with Crippen molar-refractivity contribution in [2.24, 2.45) is 0 Å². The van der Waals surface area contributed by atoms with Gasteiger partial charge in [-0.05, 0) is 38.5 Å². The number of carboxylic acid groups (broad SMARTS) is 1. The zero-order valence-corrected chi connectivity index (χ0v) is 11.8. The number of hydrogen-bond acceptors (Lipinski definition) is 2. The van der Waals surface area contributed by atoms with Gasteiger partial charge in [-0.1, -0.05) is 23.7 Å². The molecule has 0 aliphatic heterocycles. The SMILES string of the molecule is C/C(C(=O)O)=C(\C)C(=O)N[C@H](C)c1ccc(Cl)cc1. The van der Waals surface area contributed by atoms with E-state index < -0.39 is 5.97 Å². The monoisotopic (exact) mass is 281 g/mol. The number of amides is 1. The molecule has 0 aliphatic carbocycles. The Morgan fingerprint density at radius 2 is 1.68 bits per heavy atom. The summed E-state index contributed by atoms with van der Waals surface area (Å²) in [5, 5.41) is 12.2. The first kappa shape index (κ1) is 15.2. The summed E-state index contributed by atoms with van der Waals surface area (Å²) in [6.45, 7) is 4.72. The molecule has 0 fully saturated rings. The van der Waals surface area contributed by atoms with Crippen molar-refractivity contribution in [3.8, 4) is 0 Å². The van der Waals surface area contributed by atoms with Crippen molar-refractivity contribution in [1.82, 2.24) is 5.32 Å². The van der Waals surface area contributed by atoms with Crippen LogP contribution < -0.4 is 5.32 Å². The Labute approximate surface area is 117 Å². The van der Waals surface area contributed by atoms with E-state index in [1.807, 2.05) is 19.1 Å². The summed E-state index contributed by atoms with van der Waals surface area (Å²) in [6, 6.07) is 6.89. The molecule has 2 N–H and O–H groups in total. The molecule has 0 saturated heterocycles. The van der Waals surface area contributed by atoms with Gasteiger partial charge in [-0.2, -0.15) is 0 Å². The smallest absolute Gasteiger partial charge is 0.331 e. The molecule has 1 amide bonds. The number of halogens is 1. The highest BCUT2D eigenvalue weighted by atomic mass is 35.5. The van der Waals surface area contributed by atoms with Gasteiger partial charge in [0, 0.05) is 16.2 Å². The van der Waals surface area contributed by atoms with E-state index in [1.165, 1.54) is 13.8 Å². The third-order valence-corrected chi connectivity index (χ3v) is 3.19. The van der Waals surface area contributed by atoms with Crippen molar-refractivity contribution in [3.05, 3.63) is 46.0 Å². The third-order valence-electron chi connectivity index (χ3n) is 2.94. The predicted molar refractivity (Wildman–Crippen MR) is 74.0 cm³/mol. The molecule has 0 aromatic heterocycles. The Balaban J connectivity index is 2.80. The fourth-order valence-electron chi connectivity index (χ4n) is 1.47. The number of carboxylic acids is 1. The number of carbonyl (C=O) groups is 2. The Kier molecular flexibility index (Phi) is 5.12. The molecule has 0 spiro atoms. The maximum absolute atomic E-state index is 11.9. The summed E-state index contributed by atoms with van der Waals surface area (Å²) in [6.07, 6.45) is 0. The van der Waals surface area contributed by atoms with Crippen LogP contribution >= 0.6 is 11.6 Å². The number of rotatable bonds is 4. The summed E-state index contributed by atoms with van der Waals surface area (Å²) in [7, 11) is 0. The Morgan fingerprint density at radius 1 is 1.16 bits per heavy atom. The number of hydrogen-bond donors (Lipinski definition) is 2. The van der Waals surface area contributed by atoms with Gasteiger partial charge in [0.15, 0.2) is 0 Å². The van der Waals surface area contributed by atoms with E-state index in [-0.39, 0.29) is 23.1 Å². The van der Waals surface area contributed by atoms with Crippen LogP contribution in [0, 0.1) is 0 Å². The first-order valence-electron chi connectivity index (χ1n) is 5.80. The maximum Gasteiger partial charge on any atom is 0.331 e. The largest absolute Gasteiger partial charge is 0.478 e. The standard InChI is InChI=1S/C14H16ClNO3/c1-8(9(2)14(18)19)13(17)16-10(3)11-4-6-12(15)7-5-11/h4-7,10H,1-3H3,(H,16,17)(H,18,19)/b9-8-/t10-/m1/s1. The Morgan fingerprint density at radius 3 is 2.16 bits per heavy atom. The van der Waals surface area contributed by atoms with Crippen LogP contribution in [0.3, 0.4) is 0 Å². The number of aliphatic carboxylic acids is 1. The maximum atomic E-state index is 11.9. The molecule has 1 aromatic rings. The van der Waals surface area contributed by atoms with E-state index >= 15 is 0 Å². The molecule has 102 valence electrons. The van der Waals surface area contributed by atoms with Gasteiger partial charge in [-0.25, -0.2) is 4.79 Å². The molecule has 5 heteroatoms. The molecule has 0 bridgehead atoms. The van der Waals surface area contributed by atoms with Gasteiger partial charge >= 0.3 is 5.97 Å². The second-order valence-electron chi connectivity index (χ2n) is 4.30. The molecule has 19 heavy (non-hydrogen) atoms. The lowest BCUT2D eigenvalue weighted by molar-refractivity contribution is -0.133. The van der Waals surface area contributed by atoms with Gasteiger partial charge in [0.05, 0.1) is 6.04 Å². The molecule has 4 nitrogen and oxygen atoms in total. The summed E-state index contributed by atoms with van der Waals surface area (Å²) in [5.74, 6) is -1.48. The van der Waals surface area contributed by atoms with Crippen molar-refractivity contribution in [2.75, 3.05) is 0 Å². The number of benzene rings is 1. The second-order valence-corrected chi connectivity index (χ2v) is 4.74. The van der Waals surface area contributed by atoms with E-state index in [0.717, 1.165) is 5.56 Å². The normalized spacial score (nSPS) is 13.5. The fraction of sp³-hybridized carbons (Fsp3) is 0.286. The van der Waals surface area contributed by atoms with Crippen LogP contribution in [-0.2, 0) is 9.59 Å². The molecule has 0 heterocycles. The molecule has 0 aliphatic rings. The number of carbonyl (C=O) groups excluding carboxylic acids is 1. The fourth-order valence-corrected chi connectivity index (χ4v) is 1.60. The zero-order valence-electron chi connectivity index (χ0n) is 11.0. The van der Waals surface area contributed by atoms with Gasteiger partial charge < -0.3 is 10.4 Å². The highest BCUT2D eigenvalue weighted by Crippen LogP contribution is 2.16. The first-order valence-corrected chi connectivity index (χ1v) is 6.17. The average Bonchev–Trinajstić information content (AvgIpc) is 2.37. The molecule has 1 aromatic carbocycles. The van der Waals surface area contributed by atoms with Crippen LogP contribution in [0.1, 0.15) is 32.4 Å². The Hall–Kier alpha value is -1.81. The van der Waals surface area contributed by atoms with E-state index in [0.29, 0.717) is 5.02 Å². The molecule has 0 saturated carbocycles. The van der Waals surface area contributed by atoms with E-state index in [1.54, 1.807) is 12.1 Å². The molecule has 0 unspecified atom stereocenters. The van der Waals surface area contributed by atoms with E-state index in [9.17, 15) is 9.59 Å². The van der Waals surface area contributed by atoms with Crippen LogP contribution in [0.5, 0.6) is 0 Å². The summed E-state index contributed by atoms with van der Waals surface area (Å²) in [4.78, 5) is 22.7. The average molecular weight is 282 g/mol. The molecular weight excluding hydrogens is 266 g/mol. The zero-order chi connectivity index (χ0) is 14.6. The van der Waals surface area contributed by atoms with Gasteiger partial charge in [0.2, 0.25) is 5.91 Å². The van der Waals surface area contributed by atoms with Crippen molar-refractivity contribution >= 4 is 23.5 Å². The third kappa shape index (κ3) is 4.10. The van der Waals surface area contributed by atoms with E-state index in [2.05, 4.69) is 5.32 Å². The van der Waals surface area contributed by atoms with Crippen LogP contribution in [0.15, 0.2) is 35.4 Å². The van der Waals surface area contributed by atoms with Crippen molar-refractivity contribution < 1.29 is 14.7 Å². The lowest BCUT2D eigenvalue weighted by Crippen LogP contribution is -2.28. The highest BCUT2D eigenvalue weighted by Gasteiger charge is 2.15. The summed E-state index contributed by atoms with van der Waals surface area (Å²) in [5.41, 5.74) is 1.15. The highest BCUT2D eigenvalue weighted by molar-refractivity contribution is 6.30. The lowest BCUT2D eigenvalue weighted by Gasteiger charge is -2.15. The van der Waals surface area contributed by atoms with Crippen LogP contribution in [0.4, 0.5) is 0 Å². The van der Waals surface area contributed by atoms with Crippen molar-refractivity contribution in [3.63, 3.8) is 0 Å². The Bertz CT molecular complexity index is 520. The molecule has 1 rings (SSSR count). The van der Waals surface area contributed by atoms with Gasteiger partial charge in [0.1, 0.15) is 0 Å². The molecular formula is C14H16ClNO3. The predicted octanol–water partition coefficient (Wildman–Crippen LogP) is 2.94. The minimum absolute atomic E-state index is 0.0424. The minimum atomic E-state index is -1.09. The van der Waals surface area contributed by atoms with Gasteiger partial charge in [-0.15, -0.1) is 0 Å². The van der Waals surface area contributed by atoms with Crippen LogP contribution in [0.25, 0.3) is 0 Å². The second kappa shape index (κ2) is 6.38. The van der Waals surface area contributed by atoms with Gasteiger partial charge in [0.25, 0.3) is 0 Å². The molecule has 1 atom stereocenters. The van der Waals surface area contributed by atoms with Crippen LogP contribution in [-0.4, -0.2) is 17.0 Å². The topological polar surface area (TPSA) is 66.4 Å². The lowest BCUT2D eigenvalue weighted by atomic mass is 10.1. The molecule has 0 radical (unpaired) electrons. The first-order chi connectivity index (χ1) is 8.82. The van der Waals surface area contributed by atoms with Crippen molar-refractivity contribution in [2.45, 2.75) is 26.8 Å². The number of nitrogens with one attached hydrogen (secondary N) is 1. The summed E-state index contributed by atoms with van der Waals surface area (Å²) < 4.78 is 0. The quantitative estimate of drug-likeness (QED) is 0.834. The van der Waals surface area contributed by atoms with Gasteiger partial charge in [-0.3, -0.25) is 4.79 Å². The minimum Gasteiger partial charge on any atom is -0.478 e. The summed E-state index contributed by atoms with van der Waals surface area (Å²) >= 11 is 5.79.